The van der Waals surface area contributed by atoms with Crippen LogP contribution in [0.3, 0.4) is 0 Å². The summed E-state index contributed by atoms with van der Waals surface area (Å²) in [6, 6.07) is 4.62. The zero-order valence-corrected chi connectivity index (χ0v) is 11.5. The summed E-state index contributed by atoms with van der Waals surface area (Å²) in [5, 5.41) is 0. The number of benzene rings is 1. The lowest BCUT2D eigenvalue weighted by Gasteiger charge is -2.32. The van der Waals surface area contributed by atoms with Crippen LogP contribution in [0, 0.1) is 11.7 Å². The lowest BCUT2D eigenvalue weighted by atomic mass is 9.80. The fourth-order valence-corrected chi connectivity index (χ4v) is 2.78. The van der Waals surface area contributed by atoms with Crippen LogP contribution in [-0.4, -0.2) is 19.1 Å². The van der Waals surface area contributed by atoms with Gasteiger partial charge in [-0.05, 0) is 36.8 Å². The molecule has 1 aromatic rings. The molecule has 0 aliphatic heterocycles. The Morgan fingerprint density at radius 1 is 1.35 bits per heavy atom. The van der Waals surface area contributed by atoms with E-state index < -0.39 is 11.7 Å². The number of alkyl halides is 2. The molecule has 0 heterocycles. The van der Waals surface area contributed by atoms with E-state index in [2.05, 4.69) is 0 Å². The van der Waals surface area contributed by atoms with Gasteiger partial charge in [0.25, 0.3) is 0 Å². The summed E-state index contributed by atoms with van der Waals surface area (Å²) in [4.78, 5) is 0. The zero-order valence-electron chi connectivity index (χ0n) is 11.5. The van der Waals surface area contributed by atoms with Crippen LogP contribution in [0.5, 0.6) is 5.75 Å². The fraction of sp³-hybridized carbons (Fsp3) is 0.600. The Balaban J connectivity index is 2.00. The standard InChI is InChI=1S/C15H20F3NO/c1-20-13-4-2-3-11(14(13)16)9-12(19)10-5-7-15(17,18)8-6-10/h2-4,10,12H,5-9,19H2,1H3. The Bertz CT molecular complexity index is 454. The molecule has 1 aromatic carbocycles. The topological polar surface area (TPSA) is 35.2 Å². The summed E-state index contributed by atoms with van der Waals surface area (Å²) in [6.45, 7) is 0. The summed E-state index contributed by atoms with van der Waals surface area (Å²) < 4.78 is 45.2. The van der Waals surface area contributed by atoms with E-state index >= 15 is 0 Å². The molecule has 1 aliphatic rings. The first-order chi connectivity index (χ1) is 9.43. The molecule has 112 valence electrons. The van der Waals surface area contributed by atoms with Gasteiger partial charge in [-0.2, -0.15) is 0 Å². The Hall–Kier alpha value is -1.23. The molecule has 0 aromatic heterocycles. The number of rotatable bonds is 4. The largest absolute Gasteiger partial charge is 0.494 e. The first-order valence-electron chi connectivity index (χ1n) is 6.88. The van der Waals surface area contributed by atoms with Crippen LogP contribution in [0.15, 0.2) is 18.2 Å². The SMILES string of the molecule is COc1cccc(CC(N)C2CCC(F)(F)CC2)c1F. The summed E-state index contributed by atoms with van der Waals surface area (Å²) in [7, 11) is 1.41. The van der Waals surface area contributed by atoms with E-state index in [-0.39, 0.29) is 30.6 Å². The van der Waals surface area contributed by atoms with Crippen LogP contribution in [0.2, 0.25) is 0 Å². The molecule has 1 aliphatic carbocycles. The number of ether oxygens (including phenoxy) is 1. The summed E-state index contributed by atoms with van der Waals surface area (Å²) in [6.07, 6.45) is 0.913. The van der Waals surface area contributed by atoms with E-state index in [0.717, 1.165) is 0 Å². The quantitative estimate of drug-likeness (QED) is 0.919. The van der Waals surface area contributed by atoms with Gasteiger partial charge in [-0.1, -0.05) is 12.1 Å². The van der Waals surface area contributed by atoms with Crippen molar-refractivity contribution in [3.8, 4) is 5.75 Å². The predicted molar refractivity (Wildman–Crippen MR) is 71.5 cm³/mol. The molecule has 2 nitrogen and oxygen atoms in total. The molecule has 5 heteroatoms. The molecular formula is C15H20F3NO. The molecule has 2 rings (SSSR count). The van der Waals surface area contributed by atoms with Gasteiger partial charge in [0.05, 0.1) is 7.11 Å². The minimum absolute atomic E-state index is 0.0280. The molecule has 0 amide bonds. The van der Waals surface area contributed by atoms with Crippen LogP contribution in [0.25, 0.3) is 0 Å². The number of hydrogen-bond acceptors (Lipinski definition) is 2. The second-order valence-corrected chi connectivity index (χ2v) is 5.49. The predicted octanol–water partition coefficient (Wildman–Crippen LogP) is 3.53. The molecule has 1 atom stereocenters. The van der Waals surface area contributed by atoms with Crippen LogP contribution in [0.1, 0.15) is 31.2 Å². The van der Waals surface area contributed by atoms with Crippen LogP contribution in [0.4, 0.5) is 13.2 Å². The van der Waals surface area contributed by atoms with Crippen molar-refractivity contribution >= 4 is 0 Å². The third kappa shape index (κ3) is 3.45. The summed E-state index contributed by atoms with van der Waals surface area (Å²) in [5.41, 5.74) is 6.56. The van der Waals surface area contributed by atoms with E-state index in [1.165, 1.54) is 7.11 Å². The van der Waals surface area contributed by atoms with E-state index in [1.54, 1.807) is 18.2 Å². The maximum atomic E-state index is 14.0. The monoisotopic (exact) mass is 287 g/mol. The molecule has 1 saturated carbocycles. The average molecular weight is 287 g/mol. The van der Waals surface area contributed by atoms with E-state index in [1.807, 2.05) is 0 Å². The lowest BCUT2D eigenvalue weighted by molar-refractivity contribution is -0.0481. The number of nitrogens with two attached hydrogens (primary N) is 1. The van der Waals surface area contributed by atoms with Crippen LogP contribution >= 0.6 is 0 Å². The first-order valence-corrected chi connectivity index (χ1v) is 6.88. The van der Waals surface area contributed by atoms with Gasteiger partial charge < -0.3 is 10.5 Å². The maximum absolute atomic E-state index is 14.0. The third-order valence-corrected chi connectivity index (χ3v) is 4.09. The number of methoxy groups -OCH3 is 1. The zero-order chi connectivity index (χ0) is 14.8. The van der Waals surface area contributed by atoms with Gasteiger partial charge in [0.2, 0.25) is 5.92 Å². The number of halogens is 3. The van der Waals surface area contributed by atoms with Gasteiger partial charge in [-0.15, -0.1) is 0 Å². The van der Waals surface area contributed by atoms with Crippen molar-refractivity contribution in [2.75, 3.05) is 7.11 Å². The Kier molecular flexibility index (Phi) is 4.58. The van der Waals surface area contributed by atoms with E-state index in [4.69, 9.17) is 10.5 Å². The molecule has 0 spiro atoms. The Morgan fingerprint density at radius 3 is 2.60 bits per heavy atom. The number of hydrogen-bond donors (Lipinski definition) is 1. The van der Waals surface area contributed by atoms with E-state index in [0.29, 0.717) is 24.8 Å². The van der Waals surface area contributed by atoms with Crippen molar-refractivity contribution in [3.63, 3.8) is 0 Å². The fourth-order valence-electron chi connectivity index (χ4n) is 2.78. The van der Waals surface area contributed by atoms with Crippen LogP contribution < -0.4 is 10.5 Å². The molecule has 0 radical (unpaired) electrons. The van der Waals surface area contributed by atoms with Gasteiger partial charge in [0.1, 0.15) is 0 Å². The van der Waals surface area contributed by atoms with Gasteiger partial charge in [-0.3, -0.25) is 0 Å². The maximum Gasteiger partial charge on any atom is 0.248 e. The highest BCUT2D eigenvalue weighted by molar-refractivity contribution is 5.31. The van der Waals surface area contributed by atoms with Gasteiger partial charge >= 0.3 is 0 Å². The van der Waals surface area contributed by atoms with Gasteiger partial charge in [0.15, 0.2) is 11.6 Å². The van der Waals surface area contributed by atoms with Gasteiger partial charge in [0, 0.05) is 18.9 Å². The summed E-state index contributed by atoms with van der Waals surface area (Å²) in [5.74, 6) is -2.76. The highest BCUT2D eigenvalue weighted by atomic mass is 19.3. The molecule has 20 heavy (non-hydrogen) atoms. The van der Waals surface area contributed by atoms with Gasteiger partial charge in [-0.25, -0.2) is 13.2 Å². The van der Waals surface area contributed by atoms with Crippen molar-refractivity contribution in [2.45, 2.75) is 44.1 Å². The summed E-state index contributed by atoms with van der Waals surface area (Å²) >= 11 is 0. The highest BCUT2D eigenvalue weighted by Crippen LogP contribution is 2.37. The lowest BCUT2D eigenvalue weighted by Crippen LogP contribution is -2.37. The second kappa shape index (κ2) is 6.04. The second-order valence-electron chi connectivity index (χ2n) is 5.49. The van der Waals surface area contributed by atoms with Crippen molar-refractivity contribution in [2.24, 2.45) is 11.7 Å². The molecule has 0 bridgehead atoms. The molecule has 1 fully saturated rings. The normalized spacial score (nSPS) is 20.6. The first kappa shape index (κ1) is 15.2. The molecule has 0 saturated heterocycles. The minimum Gasteiger partial charge on any atom is -0.494 e. The minimum atomic E-state index is -2.56. The molecule has 1 unspecified atom stereocenters. The Labute approximate surface area is 117 Å². The highest BCUT2D eigenvalue weighted by Gasteiger charge is 2.36. The van der Waals surface area contributed by atoms with Crippen molar-refractivity contribution in [3.05, 3.63) is 29.6 Å². The molecular weight excluding hydrogens is 267 g/mol. The smallest absolute Gasteiger partial charge is 0.248 e. The van der Waals surface area contributed by atoms with Crippen molar-refractivity contribution in [1.82, 2.24) is 0 Å². The average Bonchev–Trinajstić information content (AvgIpc) is 2.41. The van der Waals surface area contributed by atoms with Crippen molar-refractivity contribution < 1.29 is 17.9 Å². The van der Waals surface area contributed by atoms with Crippen molar-refractivity contribution in [1.29, 1.82) is 0 Å². The third-order valence-electron chi connectivity index (χ3n) is 4.09. The van der Waals surface area contributed by atoms with Crippen LogP contribution in [-0.2, 0) is 6.42 Å². The molecule has 2 N–H and O–H groups in total. The van der Waals surface area contributed by atoms with E-state index in [9.17, 15) is 13.2 Å². The Morgan fingerprint density at radius 2 is 2.00 bits per heavy atom.